The maximum absolute atomic E-state index is 5.80. The SMILES string of the molecule is Nc1ccc2scc(N)c2c1I. The van der Waals surface area contributed by atoms with Crippen LogP contribution in [0.3, 0.4) is 0 Å². The maximum Gasteiger partial charge on any atom is 0.0514 e. The summed E-state index contributed by atoms with van der Waals surface area (Å²) in [5.74, 6) is 0. The van der Waals surface area contributed by atoms with Crippen LogP contribution in [0.1, 0.15) is 0 Å². The molecule has 62 valence electrons. The molecule has 1 heterocycles. The van der Waals surface area contributed by atoms with Gasteiger partial charge in [-0.15, -0.1) is 11.3 Å². The molecule has 2 nitrogen and oxygen atoms in total. The van der Waals surface area contributed by atoms with Crippen LogP contribution >= 0.6 is 33.9 Å². The van der Waals surface area contributed by atoms with Crippen molar-refractivity contribution in [1.29, 1.82) is 0 Å². The number of nitrogen functional groups attached to an aromatic ring is 2. The predicted molar refractivity (Wildman–Crippen MR) is 63.4 cm³/mol. The van der Waals surface area contributed by atoms with Crippen LogP contribution in [0, 0.1) is 3.57 Å². The lowest BCUT2D eigenvalue weighted by atomic mass is 10.2. The number of halogens is 1. The zero-order valence-corrected chi connectivity index (χ0v) is 9.15. The van der Waals surface area contributed by atoms with Crippen LogP contribution in [0.5, 0.6) is 0 Å². The first-order chi connectivity index (χ1) is 5.70. The zero-order chi connectivity index (χ0) is 8.72. The molecule has 0 spiro atoms. The second-order valence-corrected chi connectivity index (χ2v) is 4.52. The van der Waals surface area contributed by atoms with E-state index in [-0.39, 0.29) is 0 Å². The Balaban J connectivity index is 2.96. The summed E-state index contributed by atoms with van der Waals surface area (Å²) < 4.78 is 2.26. The molecule has 1 aromatic heterocycles. The number of benzene rings is 1. The molecule has 4 N–H and O–H groups in total. The summed E-state index contributed by atoms with van der Waals surface area (Å²) in [6.45, 7) is 0. The van der Waals surface area contributed by atoms with Gasteiger partial charge >= 0.3 is 0 Å². The lowest BCUT2D eigenvalue weighted by Gasteiger charge is -1.99. The van der Waals surface area contributed by atoms with Gasteiger partial charge in [-0.05, 0) is 34.7 Å². The number of rotatable bonds is 0. The first-order valence-electron chi connectivity index (χ1n) is 3.41. The van der Waals surface area contributed by atoms with Crippen LogP contribution in [0.2, 0.25) is 0 Å². The Morgan fingerprint density at radius 1 is 1.17 bits per heavy atom. The number of fused-ring (bicyclic) bond motifs is 1. The lowest BCUT2D eigenvalue weighted by Crippen LogP contribution is -1.90. The molecule has 12 heavy (non-hydrogen) atoms. The van der Waals surface area contributed by atoms with Gasteiger partial charge in [0, 0.05) is 24.7 Å². The van der Waals surface area contributed by atoms with Crippen molar-refractivity contribution < 1.29 is 0 Å². The van der Waals surface area contributed by atoms with Gasteiger partial charge in [0.2, 0.25) is 0 Å². The highest BCUT2D eigenvalue weighted by Gasteiger charge is 2.06. The minimum atomic E-state index is 0.799. The monoisotopic (exact) mass is 290 g/mol. The van der Waals surface area contributed by atoms with Crippen molar-refractivity contribution >= 4 is 55.4 Å². The van der Waals surface area contributed by atoms with Gasteiger partial charge in [0.1, 0.15) is 0 Å². The summed E-state index contributed by atoms with van der Waals surface area (Å²) >= 11 is 3.88. The minimum Gasteiger partial charge on any atom is -0.398 e. The van der Waals surface area contributed by atoms with E-state index < -0.39 is 0 Å². The smallest absolute Gasteiger partial charge is 0.0514 e. The quantitative estimate of drug-likeness (QED) is 0.579. The number of hydrogen-bond donors (Lipinski definition) is 2. The van der Waals surface area contributed by atoms with E-state index in [1.54, 1.807) is 11.3 Å². The van der Waals surface area contributed by atoms with E-state index in [2.05, 4.69) is 22.6 Å². The van der Waals surface area contributed by atoms with Crippen molar-refractivity contribution in [2.45, 2.75) is 0 Å². The standard InChI is InChI=1S/C8H7IN2S/c9-8-4(10)1-2-6-7(8)5(11)3-12-6/h1-3H,10-11H2. The molecule has 4 heteroatoms. The third-order valence-corrected chi connectivity index (χ3v) is 3.86. The Kier molecular flexibility index (Phi) is 1.88. The van der Waals surface area contributed by atoms with Crippen LogP contribution in [-0.2, 0) is 0 Å². The molecule has 0 radical (unpaired) electrons. The summed E-state index contributed by atoms with van der Waals surface area (Å²) in [4.78, 5) is 0. The molecular formula is C8H7IN2S. The van der Waals surface area contributed by atoms with E-state index in [0.29, 0.717) is 0 Å². The molecule has 0 saturated carbocycles. The van der Waals surface area contributed by atoms with Crippen molar-refractivity contribution in [2.75, 3.05) is 11.5 Å². The molecular weight excluding hydrogens is 283 g/mol. The fraction of sp³-hybridized carbons (Fsp3) is 0. The van der Waals surface area contributed by atoms with Crippen LogP contribution < -0.4 is 11.5 Å². The fourth-order valence-electron chi connectivity index (χ4n) is 1.13. The van der Waals surface area contributed by atoms with E-state index >= 15 is 0 Å². The van der Waals surface area contributed by atoms with Gasteiger partial charge in [-0.2, -0.15) is 0 Å². The first kappa shape index (κ1) is 8.12. The van der Waals surface area contributed by atoms with Gasteiger partial charge < -0.3 is 11.5 Å². The van der Waals surface area contributed by atoms with Gasteiger partial charge in [0.05, 0.1) is 5.69 Å². The van der Waals surface area contributed by atoms with Crippen molar-refractivity contribution in [3.05, 3.63) is 21.1 Å². The van der Waals surface area contributed by atoms with E-state index in [9.17, 15) is 0 Å². The number of hydrogen-bond acceptors (Lipinski definition) is 3. The predicted octanol–water partition coefficient (Wildman–Crippen LogP) is 2.67. The highest BCUT2D eigenvalue weighted by atomic mass is 127. The second-order valence-electron chi connectivity index (χ2n) is 2.53. The average molecular weight is 290 g/mol. The minimum absolute atomic E-state index is 0.799. The normalized spacial score (nSPS) is 10.8. The molecule has 0 fully saturated rings. The Morgan fingerprint density at radius 2 is 1.92 bits per heavy atom. The number of anilines is 2. The molecule has 0 amide bonds. The Hall–Kier alpha value is -0.490. The Morgan fingerprint density at radius 3 is 2.67 bits per heavy atom. The number of nitrogens with two attached hydrogens (primary N) is 2. The summed E-state index contributed by atoms with van der Waals surface area (Å²) in [5.41, 5.74) is 13.2. The zero-order valence-electron chi connectivity index (χ0n) is 6.17. The number of thiophene rings is 1. The van der Waals surface area contributed by atoms with E-state index in [4.69, 9.17) is 11.5 Å². The van der Waals surface area contributed by atoms with Crippen molar-refractivity contribution in [3.8, 4) is 0 Å². The summed E-state index contributed by atoms with van der Waals surface area (Å²) in [7, 11) is 0. The third kappa shape index (κ3) is 1.06. The molecule has 0 aliphatic rings. The molecule has 2 aromatic rings. The maximum atomic E-state index is 5.80. The van der Waals surface area contributed by atoms with Gasteiger partial charge in [-0.25, -0.2) is 0 Å². The highest BCUT2D eigenvalue weighted by Crippen LogP contribution is 2.34. The molecule has 2 rings (SSSR count). The first-order valence-corrected chi connectivity index (χ1v) is 5.36. The molecule has 0 atom stereocenters. The molecule has 0 aliphatic heterocycles. The Bertz CT molecular complexity index is 436. The van der Waals surface area contributed by atoms with Crippen molar-refractivity contribution in [3.63, 3.8) is 0 Å². The van der Waals surface area contributed by atoms with Gasteiger partial charge in [0.15, 0.2) is 0 Å². The summed E-state index contributed by atoms with van der Waals surface area (Å²) in [6.07, 6.45) is 0. The van der Waals surface area contributed by atoms with Gasteiger partial charge in [-0.3, -0.25) is 0 Å². The molecule has 1 aromatic carbocycles. The van der Waals surface area contributed by atoms with Crippen molar-refractivity contribution in [1.82, 2.24) is 0 Å². The Labute approximate surface area is 87.7 Å². The second kappa shape index (κ2) is 2.77. The molecule has 0 aliphatic carbocycles. The molecule has 0 unspecified atom stereocenters. The topological polar surface area (TPSA) is 52.0 Å². The van der Waals surface area contributed by atoms with Crippen LogP contribution in [0.4, 0.5) is 11.4 Å². The summed E-state index contributed by atoms with van der Waals surface area (Å²) in [6, 6.07) is 3.92. The largest absolute Gasteiger partial charge is 0.398 e. The van der Waals surface area contributed by atoms with Crippen LogP contribution in [0.25, 0.3) is 10.1 Å². The van der Waals surface area contributed by atoms with Gasteiger partial charge in [0.25, 0.3) is 0 Å². The van der Waals surface area contributed by atoms with E-state index in [0.717, 1.165) is 20.3 Å². The average Bonchev–Trinajstić information content (AvgIpc) is 2.41. The fourth-order valence-corrected chi connectivity index (χ4v) is 2.95. The molecule has 0 bridgehead atoms. The van der Waals surface area contributed by atoms with E-state index in [1.807, 2.05) is 17.5 Å². The van der Waals surface area contributed by atoms with Crippen LogP contribution in [-0.4, -0.2) is 0 Å². The molecule has 0 saturated heterocycles. The third-order valence-electron chi connectivity index (χ3n) is 1.74. The summed E-state index contributed by atoms with van der Waals surface area (Å²) in [5, 5.41) is 3.05. The van der Waals surface area contributed by atoms with E-state index in [1.165, 1.54) is 4.70 Å². The lowest BCUT2D eigenvalue weighted by molar-refractivity contribution is 1.72. The van der Waals surface area contributed by atoms with Gasteiger partial charge in [-0.1, -0.05) is 0 Å². The van der Waals surface area contributed by atoms with Crippen LogP contribution in [0.15, 0.2) is 17.5 Å². The van der Waals surface area contributed by atoms with Crippen molar-refractivity contribution in [2.24, 2.45) is 0 Å². The highest BCUT2D eigenvalue weighted by molar-refractivity contribution is 14.1.